The fourth-order valence-corrected chi connectivity index (χ4v) is 3.61. The molecule has 126 valence electrons. The van der Waals surface area contributed by atoms with Crippen molar-refractivity contribution in [1.82, 2.24) is 5.32 Å². The number of hydrogen-bond acceptors (Lipinski definition) is 4. The minimum atomic E-state index is -0.339. The lowest BCUT2D eigenvalue weighted by Crippen LogP contribution is -2.30. The highest BCUT2D eigenvalue weighted by Gasteiger charge is 2.06. The van der Waals surface area contributed by atoms with Gasteiger partial charge in [0.15, 0.2) is 5.11 Å². The fraction of sp³-hybridized carbons (Fsp3) is 0.176. The predicted molar refractivity (Wildman–Crippen MR) is 108 cm³/mol. The Labute approximate surface area is 156 Å². The van der Waals surface area contributed by atoms with Gasteiger partial charge < -0.3 is 16.4 Å². The Kier molecular flexibility index (Phi) is 7.94. The van der Waals surface area contributed by atoms with Gasteiger partial charge in [-0.15, -0.1) is 23.5 Å². The Morgan fingerprint density at radius 2 is 1.75 bits per heavy atom. The van der Waals surface area contributed by atoms with Crippen LogP contribution in [0.5, 0.6) is 0 Å². The average molecular weight is 378 g/mol. The van der Waals surface area contributed by atoms with Crippen LogP contribution < -0.4 is 16.4 Å². The highest BCUT2D eigenvalue weighted by molar-refractivity contribution is 8.00. The molecule has 0 fully saturated rings. The standard InChI is InChI=1S/C17H19N3OS3/c18-16(21)12-24-15-9-5-4-8-14(15)20-17(22)19-10-11-23-13-6-2-1-3-7-13/h1-9H,10-12H2,(H2,18,21)(H2,19,20,22). The summed E-state index contributed by atoms with van der Waals surface area (Å²) in [5.74, 6) is 0.824. The molecule has 0 spiro atoms. The summed E-state index contributed by atoms with van der Waals surface area (Å²) in [6, 6.07) is 18.0. The number of benzene rings is 2. The van der Waals surface area contributed by atoms with Crippen molar-refractivity contribution in [3.63, 3.8) is 0 Å². The number of hydrogen-bond donors (Lipinski definition) is 3. The minimum absolute atomic E-state index is 0.243. The summed E-state index contributed by atoms with van der Waals surface area (Å²) in [5, 5.41) is 6.93. The number of carbonyl (C=O) groups is 1. The normalized spacial score (nSPS) is 10.2. The van der Waals surface area contributed by atoms with Crippen LogP contribution in [-0.2, 0) is 4.79 Å². The summed E-state index contributed by atoms with van der Waals surface area (Å²) in [6.45, 7) is 0.766. The van der Waals surface area contributed by atoms with Gasteiger partial charge in [0, 0.05) is 22.1 Å². The van der Waals surface area contributed by atoms with Gasteiger partial charge >= 0.3 is 0 Å². The molecule has 0 heterocycles. The van der Waals surface area contributed by atoms with E-state index in [4.69, 9.17) is 18.0 Å². The molecule has 0 aliphatic rings. The first-order valence-corrected chi connectivity index (χ1v) is 9.76. The first kappa shape index (κ1) is 18.6. The van der Waals surface area contributed by atoms with Gasteiger partial charge in [0.25, 0.3) is 0 Å². The first-order valence-electron chi connectivity index (χ1n) is 7.38. The summed E-state index contributed by atoms with van der Waals surface area (Å²) in [6.07, 6.45) is 0. The summed E-state index contributed by atoms with van der Waals surface area (Å²) in [7, 11) is 0. The molecule has 0 aliphatic carbocycles. The summed E-state index contributed by atoms with van der Waals surface area (Å²) in [5.41, 5.74) is 6.07. The molecule has 24 heavy (non-hydrogen) atoms. The van der Waals surface area contributed by atoms with E-state index >= 15 is 0 Å². The van der Waals surface area contributed by atoms with Gasteiger partial charge in [0.05, 0.1) is 11.4 Å². The van der Waals surface area contributed by atoms with Crippen molar-refractivity contribution in [2.75, 3.05) is 23.4 Å². The molecule has 2 aromatic rings. The van der Waals surface area contributed by atoms with Gasteiger partial charge in [0.1, 0.15) is 0 Å². The molecule has 0 saturated carbocycles. The second-order valence-electron chi connectivity index (χ2n) is 4.79. The number of carbonyl (C=O) groups excluding carboxylic acids is 1. The van der Waals surface area contributed by atoms with Crippen molar-refractivity contribution in [1.29, 1.82) is 0 Å². The maximum atomic E-state index is 10.9. The van der Waals surface area contributed by atoms with Crippen LogP contribution >= 0.6 is 35.7 Å². The average Bonchev–Trinajstić information content (AvgIpc) is 2.59. The zero-order chi connectivity index (χ0) is 17.2. The zero-order valence-corrected chi connectivity index (χ0v) is 15.5. The lowest BCUT2D eigenvalue weighted by molar-refractivity contribution is -0.115. The molecule has 0 aromatic heterocycles. The van der Waals surface area contributed by atoms with Gasteiger partial charge in [-0.3, -0.25) is 4.79 Å². The largest absolute Gasteiger partial charge is 0.369 e. The van der Waals surface area contributed by atoms with E-state index in [1.165, 1.54) is 16.7 Å². The lowest BCUT2D eigenvalue weighted by atomic mass is 10.3. The topological polar surface area (TPSA) is 67.2 Å². The number of rotatable bonds is 8. The van der Waals surface area contributed by atoms with E-state index in [2.05, 4.69) is 22.8 Å². The Morgan fingerprint density at radius 3 is 2.50 bits per heavy atom. The Bertz CT molecular complexity index is 680. The van der Waals surface area contributed by atoms with Crippen LogP contribution in [0, 0.1) is 0 Å². The van der Waals surface area contributed by atoms with E-state index in [0.717, 1.165) is 22.9 Å². The molecule has 4 N–H and O–H groups in total. The predicted octanol–water partition coefficient (Wildman–Crippen LogP) is 3.34. The number of thiocarbonyl (C=S) groups is 1. The van der Waals surface area contributed by atoms with Crippen molar-refractivity contribution >= 4 is 52.4 Å². The lowest BCUT2D eigenvalue weighted by Gasteiger charge is -2.13. The van der Waals surface area contributed by atoms with Crippen LogP contribution in [0.2, 0.25) is 0 Å². The van der Waals surface area contributed by atoms with Gasteiger partial charge in [-0.2, -0.15) is 0 Å². The highest BCUT2D eigenvalue weighted by Crippen LogP contribution is 2.26. The van der Waals surface area contributed by atoms with Crippen LogP contribution in [0.4, 0.5) is 5.69 Å². The quantitative estimate of drug-likeness (QED) is 0.372. The van der Waals surface area contributed by atoms with Crippen molar-refractivity contribution in [2.24, 2.45) is 5.73 Å². The molecule has 2 aromatic carbocycles. The maximum Gasteiger partial charge on any atom is 0.227 e. The molecule has 7 heteroatoms. The number of thioether (sulfide) groups is 2. The number of primary amides is 1. The van der Waals surface area contributed by atoms with Gasteiger partial charge in [-0.25, -0.2) is 0 Å². The number of nitrogens with one attached hydrogen (secondary N) is 2. The van der Waals surface area contributed by atoms with Gasteiger partial charge in [0.2, 0.25) is 5.91 Å². The number of para-hydroxylation sites is 1. The van der Waals surface area contributed by atoms with Crippen molar-refractivity contribution < 1.29 is 4.79 Å². The molecule has 0 radical (unpaired) electrons. The SMILES string of the molecule is NC(=O)CSc1ccccc1NC(=S)NCCSc1ccccc1. The van der Waals surface area contributed by atoms with E-state index in [-0.39, 0.29) is 11.7 Å². The number of amides is 1. The fourth-order valence-electron chi connectivity index (χ4n) is 1.86. The third kappa shape index (κ3) is 6.82. The molecule has 0 atom stereocenters. The molecular formula is C17H19N3OS3. The Balaban J connectivity index is 1.76. The van der Waals surface area contributed by atoms with E-state index in [1.54, 1.807) is 11.8 Å². The first-order chi connectivity index (χ1) is 11.6. The van der Waals surface area contributed by atoms with Crippen LogP contribution in [0.3, 0.4) is 0 Å². The summed E-state index contributed by atoms with van der Waals surface area (Å²) < 4.78 is 0. The zero-order valence-electron chi connectivity index (χ0n) is 13.0. The third-order valence-corrected chi connectivity index (χ3v) is 5.26. The maximum absolute atomic E-state index is 10.9. The molecule has 0 saturated heterocycles. The molecular weight excluding hydrogens is 358 g/mol. The summed E-state index contributed by atoms with van der Waals surface area (Å²) in [4.78, 5) is 13.1. The summed E-state index contributed by atoms with van der Waals surface area (Å²) >= 11 is 8.50. The van der Waals surface area contributed by atoms with Crippen LogP contribution in [0.25, 0.3) is 0 Å². The Hall–Kier alpha value is -1.70. The molecule has 0 unspecified atom stereocenters. The molecule has 4 nitrogen and oxygen atoms in total. The molecule has 0 aliphatic heterocycles. The third-order valence-electron chi connectivity index (χ3n) is 2.90. The van der Waals surface area contributed by atoms with Crippen molar-refractivity contribution in [2.45, 2.75) is 9.79 Å². The smallest absolute Gasteiger partial charge is 0.227 e. The van der Waals surface area contributed by atoms with E-state index in [1.807, 2.05) is 42.5 Å². The van der Waals surface area contributed by atoms with E-state index < -0.39 is 0 Å². The van der Waals surface area contributed by atoms with Crippen molar-refractivity contribution in [3.05, 3.63) is 54.6 Å². The second-order valence-corrected chi connectivity index (χ2v) is 7.39. The monoisotopic (exact) mass is 377 g/mol. The van der Waals surface area contributed by atoms with Crippen LogP contribution in [0.15, 0.2) is 64.4 Å². The Morgan fingerprint density at radius 1 is 1.04 bits per heavy atom. The molecule has 1 amide bonds. The second kappa shape index (κ2) is 10.2. The van der Waals surface area contributed by atoms with E-state index in [0.29, 0.717) is 5.11 Å². The molecule has 2 rings (SSSR count). The minimum Gasteiger partial charge on any atom is -0.369 e. The van der Waals surface area contributed by atoms with Crippen LogP contribution in [-0.4, -0.2) is 29.1 Å². The van der Waals surface area contributed by atoms with Gasteiger partial charge in [-0.05, 0) is 36.5 Å². The van der Waals surface area contributed by atoms with Crippen LogP contribution in [0.1, 0.15) is 0 Å². The van der Waals surface area contributed by atoms with Crippen molar-refractivity contribution in [3.8, 4) is 0 Å². The molecule has 0 bridgehead atoms. The number of anilines is 1. The number of nitrogens with two attached hydrogens (primary N) is 1. The van der Waals surface area contributed by atoms with E-state index in [9.17, 15) is 4.79 Å². The van der Waals surface area contributed by atoms with Gasteiger partial charge in [-0.1, -0.05) is 30.3 Å². The highest BCUT2D eigenvalue weighted by atomic mass is 32.2.